The van der Waals surface area contributed by atoms with Gasteiger partial charge in [0.2, 0.25) is 17.7 Å². The number of carboxylic acids is 1. The van der Waals surface area contributed by atoms with Crippen molar-refractivity contribution in [3.8, 4) is 5.75 Å². The number of aliphatic carboxylic acids is 1. The number of hydrogen-bond acceptors (Lipinski definition) is 8. The molecule has 3 aromatic rings. The van der Waals surface area contributed by atoms with Gasteiger partial charge in [0.05, 0.1) is 6.54 Å². The van der Waals surface area contributed by atoms with Crippen LogP contribution in [0.5, 0.6) is 5.75 Å². The van der Waals surface area contributed by atoms with E-state index >= 15 is 0 Å². The molecule has 0 spiro atoms. The lowest BCUT2D eigenvalue weighted by Crippen LogP contribution is -2.71. The Morgan fingerprint density at radius 1 is 1.00 bits per heavy atom. The molecule has 12 nitrogen and oxygen atoms in total. The Bertz CT molecular complexity index is 1700. The molecule has 2 unspecified atom stereocenters. The maximum Gasteiger partial charge on any atom is 0.411 e. The summed E-state index contributed by atoms with van der Waals surface area (Å²) in [6.45, 7) is 3.58. The largest absolute Gasteiger partial charge is 0.508 e. The number of hydrogen-bond donors (Lipinski definition) is 4. The van der Waals surface area contributed by atoms with E-state index in [-0.39, 0.29) is 18.9 Å². The van der Waals surface area contributed by atoms with E-state index in [1.54, 1.807) is 32.0 Å². The maximum absolute atomic E-state index is 14.0. The van der Waals surface area contributed by atoms with Crippen LogP contribution in [0.1, 0.15) is 48.2 Å². The van der Waals surface area contributed by atoms with Gasteiger partial charge in [-0.15, -0.1) is 11.8 Å². The van der Waals surface area contributed by atoms with Crippen LogP contribution in [0.4, 0.5) is 4.79 Å². The Balaban J connectivity index is 1.23. The fraction of sp³-hybridized carbons (Fsp3) is 0.303. The molecule has 0 aromatic heterocycles. The zero-order valence-electron chi connectivity index (χ0n) is 25.0. The van der Waals surface area contributed by atoms with Crippen molar-refractivity contribution in [3.05, 3.63) is 101 Å². The van der Waals surface area contributed by atoms with Crippen molar-refractivity contribution in [2.45, 2.75) is 61.3 Å². The highest BCUT2D eigenvalue weighted by molar-refractivity contribution is 8.01. The Hall–Kier alpha value is -5.04. The molecule has 0 saturated carbocycles. The average Bonchev–Trinajstić information content (AvgIpc) is 3.55. The van der Waals surface area contributed by atoms with Crippen molar-refractivity contribution in [2.75, 3.05) is 0 Å². The van der Waals surface area contributed by atoms with Crippen molar-refractivity contribution in [3.63, 3.8) is 0 Å². The number of phenolic OH excluding ortho intramolecular Hbond substituents is 1. The first kappa shape index (κ1) is 31.0. The summed E-state index contributed by atoms with van der Waals surface area (Å²) in [5, 5.41) is 24.5. The summed E-state index contributed by atoms with van der Waals surface area (Å²) >= 11 is 1.28. The van der Waals surface area contributed by atoms with E-state index < -0.39 is 64.1 Å². The number of amides is 4. The number of benzene rings is 3. The predicted octanol–water partition coefficient (Wildman–Crippen LogP) is 3.07. The number of β-lactam (4-membered cyclic amide) rings is 1. The van der Waals surface area contributed by atoms with Crippen molar-refractivity contribution >= 4 is 41.5 Å². The molecule has 0 bridgehead atoms. The third kappa shape index (κ3) is 5.62. The van der Waals surface area contributed by atoms with Gasteiger partial charge in [-0.25, -0.2) is 9.59 Å². The Morgan fingerprint density at radius 3 is 2.37 bits per heavy atom. The van der Waals surface area contributed by atoms with Crippen LogP contribution < -0.4 is 10.6 Å². The fourth-order valence-electron chi connectivity index (χ4n) is 6.21. The molecule has 3 aliphatic heterocycles. The smallest absolute Gasteiger partial charge is 0.411 e. The first-order valence-electron chi connectivity index (χ1n) is 14.6. The molecule has 0 radical (unpaired) electrons. The minimum absolute atomic E-state index is 0.00452. The van der Waals surface area contributed by atoms with Gasteiger partial charge in [0.1, 0.15) is 41.9 Å². The summed E-state index contributed by atoms with van der Waals surface area (Å²) in [4.78, 5) is 68.8. The SMILES string of the molecule is CC1(C)S[C@@H]2[C@H](NC(=O)C(NC(=O)C3c4ccccc4CN3C(=O)OCc3ccccc3)c3ccc(O)cc3)C(=O)N2[C@H]1C(=O)O. The molecule has 46 heavy (non-hydrogen) atoms. The molecule has 6 rings (SSSR count). The van der Waals surface area contributed by atoms with Crippen molar-refractivity contribution in [2.24, 2.45) is 0 Å². The Morgan fingerprint density at radius 2 is 1.67 bits per heavy atom. The number of aromatic hydroxyl groups is 1. The number of nitrogens with one attached hydrogen (secondary N) is 2. The quantitative estimate of drug-likeness (QED) is 0.270. The first-order chi connectivity index (χ1) is 22.0. The summed E-state index contributed by atoms with van der Waals surface area (Å²) < 4.78 is 4.77. The lowest BCUT2D eigenvalue weighted by atomic mass is 9.95. The second-order valence-electron chi connectivity index (χ2n) is 11.9. The Kier molecular flexibility index (Phi) is 8.11. The van der Waals surface area contributed by atoms with Crippen LogP contribution in [-0.2, 0) is 37.1 Å². The van der Waals surface area contributed by atoms with Gasteiger partial charge in [0.15, 0.2) is 0 Å². The number of ether oxygens (including phenoxy) is 1. The molecule has 2 fully saturated rings. The molecule has 3 aromatic carbocycles. The maximum atomic E-state index is 14.0. The molecular weight excluding hydrogens is 612 g/mol. The molecule has 13 heteroatoms. The van der Waals surface area contributed by atoms with Gasteiger partial charge >= 0.3 is 12.1 Å². The number of phenols is 1. The third-order valence-electron chi connectivity index (χ3n) is 8.44. The number of thioether (sulfide) groups is 1. The van der Waals surface area contributed by atoms with Gasteiger partial charge in [-0.3, -0.25) is 19.3 Å². The summed E-state index contributed by atoms with van der Waals surface area (Å²) in [5.74, 6) is -3.08. The van der Waals surface area contributed by atoms with Gasteiger partial charge in [0, 0.05) is 4.75 Å². The molecule has 238 valence electrons. The van der Waals surface area contributed by atoms with Crippen LogP contribution in [0.15, 0.2) is 78.9 Å². The van der Waals surface area contributed by atoms with E-state index in [2.05, 4.69) is 10.6 Å². The zero-order chi connectivity index (χ0) is 32.7. The molecule has 4 amide bonds. The number of nitrogens with zero attached hydrogens (tertiary/aromatic N) is 2. The van der Waals surface area contributed by atoms with E-state index in [0.29, 0.717) is 11.1 Å². The van der Waals surface area contributed by atoms with Crippen LogP contribution in [-0.4, -0.2) is 72.0 Å². The second-order valence-corrected chi connectivity index (χ2v) is 13.7. The van der Waals surface area contributed by atoms with Crippen LogP contribution in [0.2, 0.25) is 0 Å². The summed E-state index contributed by atoms with van der Waals surface area (Å²) in [5.41, 5.74) is 2.43. The number of carbonyl (C=O) groups is 5. The molecular formula is C33H32N4O8S. The Labute approximate surface area is 268 Å². The second kappa shape index (κ2) is 12.0. The summed E-state index contributed by atoms with van der Waals surface area (Å²) in [6, 6.07) is 17.4. The van der Waals surface area contributed by atoms with Crippen molar-refractivity contribution < 1.29 is 38.9 Å². The zero-order valence-corrected chi connectivity index (χ0v) is 25.8. The lowest BCUT2D eigenvalue weighted by Gasteiger charge is -2.44. The van der Waals surface area contributed by atoms with Gasteiger partial charge in [-0.2, -0.15) is 0 Å². The van der Waals surface area contributed by atoms with Crippen LogP contribution >= 0.6 is 11.8 Å². The predicted molar refractivity (Wildman–Crippen MR) is 166 cm³/mol. The number of fused-ring (bicyclic) bond motifs is 2. The van der Waals surface area contributed by atoms with E-state index in [9.17, 15) is 34.2 Å². The molecule has 5 atom stereocenters. The highest BCUT2D eigenvalue weighted by atomic mass is 32.2. The van der Waals surface area contributed by atoms with Gasteiger partial charge in [-0.1, -0.05) is 66.7 Å². The number of carbonyl (C=O) groups excluding carboxylic acids is 4. The van der Waals surface area contributed by atoms with Crippen molar-refractivity contribution in [1.29, 1.82) is 0 Å². The summed E-state index contributed by atoms with van der Waals surface area (Å²) in [6.07, 6.45) is -0.708. The van der Waals surface area contributed by atoms with Crippen LogP contribution in [0, 0.1) is 0 Å². The van der Waals surface area contributed by atoms with Crippen molar-refractivity contribution in [1.82, 2.24) is 20.4 Å². The first-order valence-corrected chi connectivity index (χ1v) is 15.5. The molecule has 3 heterocycles. The third-order valence-corrected chi connectivity index (χ3v) is 10.0. The minimum atomic E-state index is -1.32. The fourth-order valence-corrected chi connectivity index (χ4v) is 7.84. The molecule has 4 N–H and O–H groups in total. The van der Waals surface area contributed by atoms with Gasteiger partial charge < -0.3 is 30.5 Å². The van der Waals surface area contributed by atoms with Crippen LogP contribution in [0.3, 0.4) is 0 Å². The normalized spacial score (nSPS) is 23.0. The number of rotatable bonds is 8. The van der Waals surface area contributed by atoms with E-state index in [4.69, 9.17) is 4.74 Å². The van der Waals surface area contributed by atoms with Gasteiger partial charge in [0.25, 0.3) is 0 Å². The molecule has 3 aliphatic rings. The highest BCUT2D eigenvalue weighted by Crippen LogP contribution is 2.50. The molecule has 0 aliphatic carbocycles. The monoisotopic (exact) mass is 644 g/mol. The van der Waals surface area contributed by atoms with E-state index in [0.717, 1.165) is 11.1 Å². The standard InChI is InChI=1S/C33H32N4O8S/c1-33(2)26(31(42)43)37-29(41)24(30(37)46-33)35-27(39)23(19-12-14-21(38)15-13-19)34-28(40)25-22-11-7-6-10-20(22)16-36(25)32(44)45-17-18-8-4-3-5-9-18/h3-15,23-26,30,38H,16-17H2,1-2H3,(H,34,40)(H,35,39)(H,42,43)/t23?,24-,25?,26+,30-/m1/s1. The van der Waals surface area contributed by atoms with E-state index in [1.807, 2.05) is 36.4 Å². The topological polar surface area (TPSA) is 166 Å². The van der Waals surface area contributed by atoms with Gasteiger partial charge in [-0.05, 0) is 48.2 Å². The molecule has 2 saturated heterocycles. The highest BCUT2D eigenvalue weighted by Gasteiger charge is 2.64. The lowest BCUT2D eigenvalue weighted by molar-refractivity contribution is -0.161. The minimum Gasteiger partial charge on any atom is -0.508 e. The summed E-state index contributed by atoms with van der Waals surface area (Å²) in [7, 11) is 0. The number of carboxylic acid groups (broad SMARTS) is 1. The van der Waals surface area contributed by atoms with E-state index in [1.165, 1.54) is 45.8 Å². The average molecular weight is 645 g/mol. The van der Waals surface area contributed by atoms with Crippen LogP contribution in [0.25, 0.3) is 0 Å².